The van der Waals surface area contributed by atoms with Crippen LogP contribution in [0.4, 0.5) is 13.6 Å². The van der Waals surface area contributed by atoms with E-state index in [2.05, 4.69) is 5.32 Å². The topological polar surface area (TPSA) is 41.6 Å². The van der Waals surface area contributed by atoms with E-state index in [1.165, 1.54) is 36.4 Å². The highest BCUT2D eigenvalue weighted by molar-refractivity contribution is 5.71. The molecule has 1 fully saturated rings. The van der Waals surface area contributed by atoms with Crippen molar-refractivity contribution in [3.63, 3.8) is 0 Å². The Labute approximate surface area is 145 Å². The number of hydrogen-bond donors (Lipinski definition) is 1. The summed E-state index contributed by atoms with van der Waals surface area (Å²) in [5, 5.41) is 3.28. The SMILES string of the molecule is CCN(C(=O)Oc1ccc(F)cc1)[C@@H]1CNC[C@H]1c1ccc(F)cc1. The molecule has 3 rings (SSSR count). The van der Waals surface area contributed by atoms with E-state index in [1.807, 2.05) is 6.92 Å². The summed E-state index contributed by atoms with van der Waals surface area (Å²) in [6, 6.07) is 11.6. The Balaban J connectivity index is 1.75. The van der Waals surface area contributed by atoms with Crippen LogP contribution in [0.2, 0.25) is 0 Å². The van der Waals surface area contributed by atoms with Crippen LogP contribution in [0, 0.1) is 11.6 Å². The van der Waals surface area contributed by atoms with Crippen LogP contribution in [0.5, 0.6) is 5.75 Å². The van der Waals surface area contributed by atoms with E-state index in [4.69, 9.17) is 4.74 Å². The standard InChI is InChI=1S/C19H20F2N2O2/c1-2-23(19(24)25-16-9-7-15(21)8-10-16)18-12-22-11-17(18)13-3-5-14(20)6-4-13/h3-10,17-18,22H,2,11-12H2,1H3/t17-,18+/m0/s1. The lowest BCUT2D eigenvalue weighted by molar-refractivity contribution is 0.134. The number of carbonyl (C=O) groups is 1. The molecule has 1 saturated heterocycles. The third-order valence-electron chi connectivity index (χ3n) is 4.47. The molecule has 1 aliphatic heterocycles. The Morgan fingerprint density at radius 3 is 2.28 bits per heavy atom. The van der Waals surface area contributed by atoms with Crippen molar-refractivity contribution in [2.75, 3.05) is 19.6 Å². The monoisotopic (exact) mass is 346 g/mol. The van der Waals surface area contributed by atoms with Crippen LogP contribution in [0.1, 0.15) is 18.4 Å². The van der Waals surface area contributed by atoms with Crippen molar-refractivity contribution in [2.45, 2.75) is 18.9 Å². The van der Waals surface area contributed by atoms with Gasteiger partial charge in [-0.05, 0) is 48.9 Å². The smallest absolute Gasteiger partial charge is 0.410 e. The maximum atomic E-state index is 13.2. The van der Waals surface area contributed by atoms with Crippen LogP contribution in [-0.2, 0) is 0 Å². The van der Waals surface area contributed by atoms with Gasteiger partial charge in [-0.1, -0.05) is 12.1 Å². The predicted molar refractivity (Wildman–Crippen MR) is 90.6 cm³/mol. The average Bonchev–Trinajstić information content (AvgIpc) is 3.08. The number of amides is 1. The van der Waals surface area contributed by atoms with Gasteiger partial charge < -0.3 is 15.0 Å². The van der Waals surface area contributed by atoms with Crippen LogP contribution in [0.25, 0.3) is 0 Å². The van der Waals surface area contributed by atoms with Crippen molar-refractivity contribution >= 4 is 6.09 Å². The third-order valence-corrected chi connectivity index (χ3v) is 4.47. The number of rotatable bonds is 4. The highest BCUT2D eigenvalue weighted by Gasteiger charge is 2.35. The van der Waals surface area contributed by atoms with Gasteiger partial charge in [0.25, 0.3) is 0 Å². The first kappa shape index (κ1) is 17.4. The fourth-order valence-corrected chi connectivity index (χ4v) is 3.20. The van der Waals surface area contributed by atoms with E-state index >= 15 is 0 Å². The van der Waals surface area contributed by atoms with Crippen molar-refractivity contribution < 1.29 is 18.3 Å². The Hall–Kier alpha value is -2.47. The van der Waals surface area contributed by atoms with Crippen molar-refractivity contribution in [1.82, 2.24) is 10.2 Å². The van der Waals surface area contributed by atoms with Gasteiger partial charge in [-0.3, -0.25) is 0 Å². The summed E-state index contributed by atoms with van der Waals surface area (Å²) < 4.78 is 31.5. The molecule has 2 aromatic rings. The summed E-state index contributed by atoms with van der Waals surface area (Å²) in [5.41, 5.74) is 0.976. The molecule has 4 nitrogen and oxygen atoms in total. The minimum absolute atomic E-state index is 0.0568. The summed E-state index contributed by atoms with van der Waals surface area (Å²) >= 11 is 0. The lowest BCUT2D eigenvalue weighted by Gasteiger charge is -2.31. The molecule has 0 bridgehead atoms. The van der Waals surface area contributed by atoms with E-state index in [-0.39, 0.29) is 23.6 Å². The molecule has 0 unspecified atom stereocenters. The first-order valence-corrected chi connectivity index (χ1v) is 8.28. The van der Waals surface area contributed by atoms with E-state index < -0.39 is 6.09 Å². The molecular weight excluding hydrogens is 326 g/mol. The molecule has 2 aromatic carbocycles. The molecule has 0 aromatic heterocycles. The number of carbonyl (C=O) groups excluding carboxylic acids is 1. The molecule has 1 amide bonds. The molecule has 6 heteroatoms. The van der Waals surface area contributed by atoms with Crippen LogP contribution >= 0.6 is 0 Å². The quantitative estimate of drug-likeness (QED) is 0.921. The zero-order chi connectivity index (χ0) is 17.8. The molecule has 0 saturated carbocycles. The lowest BCUT2D eigenvalue weighted by atomic mass is 9.93. The van der Waals surface area contributed by atoms with E-state index in [0.29, 0.717) is 25.4 Å². The van der Waals surface area contributed by atoms with Gasteiger partial charge in [0.2, 0.25) is 0 Å². The van der Waals surface area contributed by atoms with Crippen molar-refractivity contribution in [3.8, 4) is 5.75 Å². The largest absolute Gasteiger partial charge is 0.415 e. The Morgan fingerprint density at radius 2 is 1.68 bits per heavy atom. The Morgan fingerprint density at radius 1 is 1.08 bits per heavy atom. The molecule has 2 atom stereocenters. The highest BCUT2D eigenvalue weighted by atomic mass is 19.1. The first-order chi connectivity index (χ1) is 12.1. The van der Waals surface area contributed by atoms with Crippen LogP contribution in [0.3, 0.4) is 0 Å². The van der Waals surface area contributed by atoms with Crippen molar-refractivity contribution in [2.24, 2.45) is 0 Å². The van der Waals surface area contributed by atoms with Crippen molar-refractivity contribution in [1.29, 1.82) is 0 Å². The average molecular weight is 346 g/mol. The molecule has 0 spiro atoms. The molecular formula is C19H20F2N2O2. The highest BCUT2D eigenvalue weighted by Crippen LogP contribution is 2.28. The minimum Gasteiger partial charge on any atom is -0.410 e. The van der Waals surface area contributed by atoms with Crippen LogP contribution in [-0.4, -0.2) is 36.7 Å². The van der Waals surface area contributed by atoms with Gasteiger partial charge in [0.05, 0.1) is 6.04 Å². The van der Waals surface area contributed by atoms with Gasteiger partial charge in [0.15, 0.2) is 0 Å². The zero-order valence-electron chi connectivity index (χ0n) is 13.9. The van der Waals surface area contributed by atoms with Gasteiger partial charge in [-0.2, -0.15) is 0 Å². The van der Waals surface area contributed by atoms with E-state index in [1.54, 1.807) is 17.0 Å². The summed E-state index contributed by atoms with van der Waals surface area (Å²) in [6.45, 7) is 3.70. The van der Waals surface area contributed by atoms with Gasteiger partial charge >= 0.3 is 6.09 Å². The normalized spacial score (nSPS) is 19.6. The van der Waals surface area contributed by atoms with Crippen LogP contribution in [0.15, 0.2) is 48.5 Å². The fourth-order valence-electron chi connectivity index (χ4n) is 3.20. The Bertz CT molecular complexity index is 719. The van der Waals surface area contributed by atoms with Crippen molar-refractivity contribution in [3.05, 3.63) is 65.7 Å². The van der Waals surface area contributed by atoms with Gasteiger partial charge in [0, 0.05) is 25.6 Å². The summed E-state index contributed by atoms with van der Waals surface area (Å²) in [5.74, 6) is -0.312. The first-order valence-electron chi connectivity index (χ1n) is 8.28. The zero-order valence-corrected chi connectivity index (χ0v) is 13.9. The third kappa shape index (κ3) is 3.96. The van der Waals surface area contributed by atoms with Crippen LogP contribution < -0.4 is 10.1 Å². The molecule has 1 N–H and O–H groups in total. The maximum absolute atomic E-state index is 13.2. The Kier molecular flexibility index (Phi) is 5.28. The second kappa shape index (κ2) is 7.61. The molecule has 0 aliphatic carbocycles. The summed E-state index contributed by atoms with van der Waals surface area (Å²) in [6.07, 6.45) is -0.477. The number of likely N-dealkylation sites (N-methyl/N-ethyl adjacent to an activating group) is 1. The number of ether oxygens (including phenoxy) is 1. The fraction of sp³-hybridized carbons (Fsp3) is 0.316. The van der Waals surface area contributed by atoms with E-state index in [0.717, 1.165) is 5.56 Å². The molecule has 25 heavy (non-hydrogen) atoms. The lowest BCUT2D eigenvalue weighted by Crippen LogP contribution is -2.45. The minimum atomic E-state index is -0.477. The second-order valence-corrected chi connectivity index (χ2v) is 5.99. The van der Waals surface area contributed by atoms with Gasteiger partial charge in [-0.15, -0.1) is 0 Å². The molecule has 0 radical (unpaired) electrons. The number of halogens is 2. The van der Waals surface area contributed by atoms with Gasteiger partial charge in [-0.25, -0.2) is 13.6 Å². The molecule has 132 valence electrons. The number of hydrogen-bond acceptors (Lipinski definition) is 3. The maximum Gasteiger partial charge on any atom is 0.415 e. The predicted octanol–water partition coefficient (Wildman–Crippen LogP) is 3.54. The van der Waals surface area contributed by atoms with Gasteiger partial charge in [0.1, 0.15) is 17.4 Å². The second-order valence-electron chi connectivity index (χ2n) is 5.99. The number of nitrogens with one attached hydrogen (secondary N) is 1. The summed E-state index contributed by atoms with van der Waals surface area (Å²) in [4.78, 5) is 14.2. The number of nitrogens with zero attached hydrogens (tertiary/aromatic N) is 1. The number of benzene rings is 2. The van der Waals surface area contributed by atoms with E-state index in [9.17, 15) is 13.6 Å². The molecule has 1 aliphatic rings. The summed E-state index contributed by atoms with van der Waals surface area (Å²) in [7, 11) is 0. The molecule has 1 heterocycles.